The predicted molar refractivity (Wildman–Crippen MR) is 127 cm³/mol. The number of benzene rings is 2. The SMILES string of the molecule is c1ccc(C[Si](O[Si](Cc2ccccc2)C2CCCCC2)C2CCCCC2)cc1. The van der Waals surface area contributed by atoms with E-state index in [1.807, 2.05) is 0 Å². The molecule has 0 saturated heterocycles. The maximum atomic E-state index is 7.34. The van der Waals surface area contributed by atoms with Crippen molar-refractivity contribution < 1.29 is 4.12 Å². The second kappa shape index (κ2) is 11.3. The standard InChI is InChI=1S/C26H36OSi2/c1-5-13-23(14-6-1)21-28(25-17-9-3-10-18-25)27-29(26-19-11-4-12-20-26)22-24-15-7-2-8-16-24/h1-2,5-8,13-16,25-26H,3-4,9-12,17-22H2. The molecule has 0 amide bonds. The minimum atomic E-state index is -0.818. The van der Waals surface area contributed by atoms with Crippen LogP contribution in [0.5, 0.6) is 0 Å². The Hall–Kier alpha value is -1.17. The quantitative estimate of drug-likeness (QED) is 0.410. The van der Waals surface area contributed by atoms with Crippen molar-refractivity contribution in [3.05, 3.63) is 71.8 Å². The molecule has 4 rings (SSSR count). The van der Waals surface area contributed by atoms with E-state index in [0.717, 1.165) is 11.1 Å². The maximum Gasteiger partial charge on any atom is 0.205 e. The molecule has 2 aromatic carbocycles. The largest absolute Gasteiger partial charge is 0.455 e. The second-order valence-corrected chi connectivity index (χ2v) is 14.1. The molecule has 2 aromatic rings. The molecule has 0 aliphatic heterocycles. The molecule has 3 heteroatoms. The Balaban J connectivity index is 1.52. The fourth-order valence-electron chi connectivity index (χ4n) is 5.14. The van der Waals surface area contributed by atoms with Crippen LogP contribution in [0.2, 0.25) is 11.1 Å². The third-order valence-electron chi connectivity index (χ3n) is 6.83. The second-order valence-electron chi connectivity index (χ2n) is 9.03. The van der Waals surface area contributed by atoms with Crippen molar-refractivity contribution in [3.8, 4) is 0 Å². The molecule has 0 N–H and O–H groups in total. The molecule has 0 heterocycles. The van der Waals surface area contributed by atoms with Gasteiger partial charge in [-0.05, 0) is 34.3 Å². The molecule has 0 unspecified atom stereocenters. The zero-order valence-electron chi connectivity index (χ0n) is 17.8. The molecule has 154 valence electrons. The van der Waals surface area contributed by atoms with Crippen LogP contribution in [0.1, 0.15) is 75.3 Å². The van der Waals surface area contributed by atoms with E-state index in [1.165, 1.54) is 87.4 Å². The average Bonchev–Trinajstić information content (AvgIpc) is 2.81. The minimum absolute atomic E-state index is 0.818. The van der Waals surface area contributed by atoms with Crippen LogP contribution in [0.3, 0.4) is 0 Å². The first-order valence-electron chi connectivity index (χ1n) is 11.9. The van der Waals surface area contributed by atoms with Crippen LogP contribution in [0.25, 0.3) is 0 Å². The smallest absolute Gasteiger partial charge is 0.205 e. The van der Waals surface area contributed by atoms with Crippen molar-refractivity contribution in [2.75, 3.05) is 0 Å². The zero-order chi connectivity index (χ0) is 19.7. The summed E-state index contributed by atoms with van der Waals surface area (Å²) in [5.74, 6) is 0. The van der Waals surface area contributed by atoms with Gasteiger partial charge in [-0.1, -0.05) is 125 Å². The summed E-state index contributed by atoms with van der Waals surface area (Å²) in [7, 11) is -1.64. The monoisotopic (exact) mass is 420 g/mol. The summed E-state index contributed by atoms with van der Waals surface area (Å²) in [5.41, 5.74) is 4.70. The van der Waals surface area contributed by atoms with Crippen molar-refractivity contribution in [2.24, 2.45) is 0 Å². The first-order valence-corrected chi connectivity index (χ1v) is 15.2. The van der Waals surface area contributed by atoms with Gasteiger partial charge in [0.1, 0.15) is 0 Å². The molecule has 2 radical (unpaired) electrons. The summed E-state index contributed by atoms with van der Waals surface area (Å²) in [6.45, 7) is 0. The van der Waals surface area contributed by atoms with Crippen molar-refractivity contribution in [1.29, 1.82) is 0 Å². The maximum absolute atomic E-state index is 7.34. The van der Waals surface area contributed by atoms with Crippen molar-refractivity contribution >= 4 is 18.1 Å². The van der Waals surface area contributed by atoms with Gasteiger partial charge in [-0.25, -0.2) is 0 Å². The highest BCUT2D eigenvalue weighted by atomic mass is 28.4. The van der Waals surface area contributed by atoms with E-state index >= 15 is 0 Å². The van der Waals surface area contributed by atoms with E-state index < -0.39 is 18.1 Å². The van der Waals surface area contributed by atoms with Gasteiger partial charge in [-0.15, -0.1) is 0 Å². The molecule has 0 spiro atoms. The Morgan fingerprint density at radius 3 is 1.31 bits per heavy atom. The predicted octanol–water partition coefficient (Wildman–Crippen LogP) is 7.22. The lowest BCUT2D eigenvalue weighted by molar-refractivity contribution is 0.424. The summed E-state index contributed by atoms with van der Waals surface area (Å²) in [6, 6.07) is 24.8. The van der Waals surface area contributed by atoms with Gasteiger partial charge in [-0.3, -0.25) is 0 Å². The molecule has 2 saturated carbocycles. The summed E-state index contributed by atoms with van der Waals surface area (Å²) in [5, 5.41) is 0. The highest BCUT2D eigenvalue weighted by Gasteiger charge is 2.34. The lowest BCUT2D eigenvalue weighted by atomic mass is 10.0. The first kappa shape index (κ1) is 21.1. The molecular weight excluding hydrogens is 384 g/mol. The van der Waals surface area contributed by atoms with Crippen LogP contribution in [0, 0.1) is 0 Å². The zero-order valence-corrected chi connectivity index (χ0v) is 19.8. The summed E-state index contributed by atoms with van der Waals surface area (Å²) in [4.78, 5) is 0. The Morgan fingerprint density at radius 1 is 0.552 bits per heavy atom. The molecule has 0 aromatic heterocycles. The van der Waals surface area contributed by atoms with Gasteiger partial charge >= 0.3 is 0 Å². The van der Waals surface area contributed by atoms with Gasteiger partial charge in [0.25, 0.3) is 0 Å². The molecular formula is C26H36OSi2. The number of hydrogen-bond donors (Lipinski definition) is 0. The summed E-state index contributed by atoms with van der Waals surface area (Å²) >= 11 is 0. The molecule has 29 heavy (non-hydrogen) atoms. The molecule has 0 atom stereocenters. The Morgan fingerprint density at radius 2 is 0.931 bits per heavy atom. The van der Waals surface area contributed by atoms with Crippen molar-refractivity contribution in [3.63, 3.8) is 0 Å². The lowest BCUT2D eigenvalue weighted by Crippen LogP contribution is -2.40. The molecule has 1 nitrogen and oxygen atoms in total. The van der Waals surface area contributed by atoms with Crippen LogP contribution >= 0.6 is 0 Å². The number of rotatable bonds is 8. The van der Waals surface area contributed by atoms with Crippen LogP contribution < -0.4 is 0 Å². The van der Waals surface area contributed by atoms with Crippen molar-refractivity contribution in [1.82, 2.24) is 0 Å². The molecule has 2 fully saturated rings. The van der Waals surface area contributed by atoms with Crippen molar-refractivity contribution in [2.45, 2.75) is 87.4 Å². The van der Waals surface area contributed by atoms with Gasteiger partial charge in [0, 0.05) is 0 Å². The fourth-order valence-corrected chi connectivity index (χ4v) is 12.4. The Kier molecular flexibility index (Phi) is 8.20. The van der Waals surface area contributed by atoms with Gasteiger partial charge in [0.05, 0.1) is 0 Å². The average molecular weight is 421 g/mol. The Labute approximate surface area is 181 Å². The van der Waals surface area contributed by atoms with E-state index in [9.17, 15) is 0 Å². The van der Waals surface area contributed by atoms with E-state index in [1.54, 1.807) is 0 Å². The van der Waals surface area contributed by atoms with Gasteiger partial charge in [-0.2, -0.15) is 0 Å². The van der Waals surface area contributed by atoms with E-state index in [-0.39, 0.29) is 0 Å². The van der Waals surface area contributed by atoms with Crippen LogP contribution in [0.15, 0.2) is 60.7 Å². The normalized spacial score (nSPS) is 19.1. The third-order valence-corrected chi connectivity index (χ3v) is 13.4. The fraction of sp³-hybridized carbons (Fsp3) is 0.538. The lowest BCUT2D eigenvalue weighted by Gasteiger charge is -2.35. The highest BCUT2D eigenvalue weighted by Crippen LogP contribution is 2.37. The first-order chi connectivity index (χ1) is 14.4. The van der Waals surface area contributed by atoms with Crippen LogP contribution in [-0.4, -0.2) is 18.1 Å². The van der Waals surface area contributed by atoms with Gasteiger partial charge in [0.2, 0.25) is 18.1 Å². The molecule has 2 aliphatic carbocycles. The molecule has 0 bridgehead atoms. The summed E-state index contributed by atoms with van der Waals surface area (Å²) in [6.07, 6.45) is 14.2. The van der Waals surface area contributed by atoms with Crippen LogP contribution in [-0.2, 0) is 16.2 Å². The van der Waals surface area contributed by atoms with E-state index in [0.29, 0.717) is 0 Å². The highest BCUT2D eigenvalue weighted by molar-refractivity contribution is 6.67. The van der Waals surface area contributed by atoms with E-state index in [2.05, 4.69) is 60.7 Å². The number of hydrogen-bond acceptors (Lipinski definition) is 1. The van der Waals surface area contributed by atoms with Gasteiger partial charge in [0.15, 0.2) is 0 Å². The van der Waals surface area contributed by atoms with Gasteiger partial charge < -0.3 is 4.12 Å². The topological polar surface area (TPSA) is 9.23 Å². The third kappa shape index (κ3) is 6.40. The van der Waals surface area contributed by atoms with Crippen LogP contribution in [0.4, 0.5) is 0 Å². The molecule has 2 aliphatic rings. The Bertz CT molecular complexity index is 632. The summed E-state index contributed by atoms with van der Waals surface area (Å²) < 4.78 is 7.34. The minimum Gasteiger partial charge on any atom is -0.455 e. The van der Waals surface area contributed by atoms with E-state index in [4.69, 9.17) is 4.12 Å².